The molecular formula is C14H19BrN2OS. The van der Waals surface area contributed by atoms with Crippen LogP contribution >= 0.6 is 27.3 Å². The van der Waals surface area contributed by atoms with Crippen LogP contribution in [0.25, 0.3) is 0 Å². The first-order valence-electron chi connectivity index (χ1n) is 6.30. The Labute approximate surface area is 126 Å². The predicted octanol–water partition coefficient (Wildman–Crippen LogP) is 3.63. The highest BCUT2D eigenvalue weighted by atomic mass is 79.9. The molecule has 104 valence electrons. The minimum atomic E-state index is 0.939. The van der Waals surface area contributed by atoms with Crippen molar-refractivity contribution in [2.24, 2.45) is 0 Å². The van der Waals surface area contributed by atoms with Crippen LogP contribution < -0.4 is 5.32 Å². The summed E-state index contributed by atoms with van der Waals surface area (Å²) in [5.74, 6) is 1.02. The summed E-state index contributed by atoms with van der Waals surface area (Å²) >= 11 is 5.25. The van der Waals surface area contributed by atoms with Crippen LogP contribution in [0, 0.1) is 6.92 Å². The summed E-state index contributed by atoms with van der Waals surface area (Å²) in [5.41, 5.74) is 1.27. The van der Waals surface area contributed by atoms with Crippen LogP contribution in [0.1, 0.15) is 16.2 Å². The van der Waals surface area contributed by atoms with Gasteiger partial charge in [0.15, 0.2) is 0 Å². The fraction of sp³-hybridized carbons (Fsp3) is 0.429. The van der Waals surface area contributed by atoms with Gasteiger partial charge in [-0.05, 0) is 42.0 Å². The Hall–Kier alpha value is -0.620. The van der Waals surface area contributed by atoms with Gasteiger partial charge >= 0.3 is 0 Å². The predicted molar refractivity (Wildman–Crippen MR) is 83.5 cm³/mol. The van der Waals surface area contributed by atoms with Crippen LogP contribution in [0.15, 0.2) is 32.7 Å². The molecule has 0 radical (unpaired) electrons. The Morgan fingerprint density at radius 2 is 2.32 bits per heavy atom. The molecule has 0 aromatic carbocycles. The molecule has 0 aliphatic rings. The number of nitrogens with zero attached hydrogens (tertiary/aromatic N) is 1. The van der Waals surface area contributed by atoms with Gasteiger partial charge in [-0.2, -0.15) is 0 Å². The van der Waals surface area contributed by atoms with Gasteiger partial charge in [0.05, 0.1) is 6.26 Å². The molecule has 3 nitrogen and oxygen atoms in total. The van der Waals surface area contributed by atoms with Gasteiger partial charge in [0.25, 0.3) is 0 Å². The average molecular weight is 343 g/mol. The van der Waals surface area contributed by atoms with E-state index in [9.17, 15) is 0 Å². The van der Waals surface area contributed by atoms with Crippen molar-refractivity contribution < 1.29 is 4.42 Å². The van der Waals surface area contributed by atoms with E-state index in [0.717, 1.165) is 31.9 Å². The lowest BCUT2D eigenvalue weighted by atomic mass is 10.2. The molecule has 0 amide bonds. The van der Waals surface area contributed by atoms with Gasteiger partial charge in [-0.1, -0.05) is 0 Å². The summed E-state index contributed by atoms with van der Waals surface area (Å²) < 4.78 is 6.47. The molecular weight excluding hydrogens is 324 g/mol. The van der Waals surface area contributed by atoms with Crippen LogP contribution in [-0.2, 0) is 13.1 Å². The first-order valence-corrected chi connectivity index (χ1v) is 7.97. The number of aryl methyl sites for hydroxylation is 1. The van der Waals surface area contributed by atoms with Crippen molar-refractivity contribution in [1.29, 1.82) is 0 Å². The summed E-state index contributed by atoms with van der Waals surface area (Å²) in [5, 5.41) is 5.58. The smallest absolute Gasteiger partial charge is 0.105 e. The zero-order valence-corrected chi connectivity index (χ0v) is 13.7. The van der Waals surface area contributed by atoms with Crippen molar-refractivity contribution in [2.75, 3.05) is 20.1 Å². The molecule has 2 aromatic heterocycles. The number of likely N-dealkylation sites (N-methyl/N-ethyl adjacent to an activating group) is 1. The minimum Gasteiger partial charge on any atom is -0.469 e. The number of rotatable bonds is 7. The monoisotopic (exact) mass is 342 g/mol. The van der Waals surface area contributed by atoms with E-state index in [1.54, 1.807) is 17.6 Å². The van der Waals surface area contributed by atoms with E-state index in [1.807, 2.05) is 13.0 Å². The Balaban J connectivity index is 1.64. The van der Waals surface area contributed by atoms with Crippen molar-refractivity contribution in [3.8, 4) is 0 Å². The second-order valence-electron chi connectivity index (χ2n) is 4.65. The standard InChI is InChI=1S/C14H19BrN2OS/c1-11-12(3-6-18-11)9-17(2)5-4-16-8-14-7-13(15)10-19-14/h3,6-7,10,16H,4-5,8-9H2,1-2H3. The van der Waals surface area contributed by atoms with Crippen LogP contribution in [-0.4, -0.2) is 25.0 Å². The van der Waals surface area contributed by atoms with Crippen LogP contribution in [0.3, 0.4) is 0 Å². The Bertz CT molecular complexity index is 509. The highest BCUT2D eigenvalue weighted by Crippen LogP contribution is 2.19. The maximum Gasteiger partial charge on any atom is 0.105 e. The largest absolute Gasteiger partial charge is 0.469 e. The summed E-state index contributed by atoms with van der Waals surface area (Å²) in [7, 11) is 2.13. The third kappa shape index (κ3) is 4.76. The van der Waals surface area contributed by atoms with Gasteiger partial charge in [-0.15, -0.1) is 11.3 Å². The number of halogens is 1. The molecule has 2 heterocycles. The van der Waals surface area contributed by atoms with Gasteiger partial charge in [-0.25, -0.2) is 0 Å². The first-order chi connectivity index (χ1) is 9.15. The van der Waals surface area contributed by atoms with Crippen molar-refractivity contribution in [3.63, 3.8) is 0 Å². The molecule has 0 fully saturated rings. The van der Waals surface area contributed by atoms with Gasteiger partial charge in [0.2, 0.25) is 0 Å². The number of hydrogen-bond donors (Lipinski definition) is 1. The number of furan rings is 1. The maximum absolute atomic E-state index is 5.31. The van der Waals surface area contributed by atoms with Crippen LogP contribution in [0.2, 0.25) is 0 Å². The average Bonchev–Trinajstić information content (AvgIpc) is 2.95. The molecule has 0 unspecified atom stereocenters. The Morgan fingerprint density at radius 1 is 1.47 bits per heavy atom. The SMILES string of the molecule is Cc1occc1CN(C)CCNCc1cc(Br)cs1. The maximum atomic E-state index is 5.31. The Kier molecular flexibility index (Phi) is 5.63. The van der Waals surface area contributed by atoms with E-state index in [1.165, 1.54) is 14.9 Å². The first kappa shape index (κ1) is 14.8. The molecule has 1 N–H and O–H groups in total. The number of nitrogens with one attached hydrogen (secondary N) is 1. The van der Waals surface area contributed by atoms with Gasteiger partial charge in [0, 0.05) is 46.5 Å². The van der Waals surface area contributed by atoms with Crippen molar-refractivity contribution in [1.82, 2.24) is 10.2 Å². The van der Waals surface area contributed by atoms with Crippen molar-refractivity contribution in [2.45, 2.75) is 20.0 Å². The summed E-state index contributed by atoms with van der Waals surface area (Å²) in [6.45, 7) is 5.90. The van der Waals surface area contributed by atoms with E-state index < -0.39 is 0 Å². The molecule has 0 spiro atoms. The van der Waals surface area contributed by atoms with E-state index in [0.29, 0.717) is 0 Å². The summed E-state index contributed by atoms with van der Waals surface area (Å²) in [6, 6.07) is 4.21. The number of thiophene rings is 1. The van der Waals surface area contributed by atoms with Crippen LogP contribution in [0.4, 0.5) is 0 Å². The van der Waals surface area contributed by atoms with Gasteiger partial charge in [0.1, 0.15) is 5.76 Å². The van der Waals surface area contributed by atoms with Crippen molar-refractivity contribution in [3.05, 3.63) is 44.4 Å². The highest BCUT2D eigenvalue weighted by molar-refractivity contribution is 9.10. The molecule has 0 saturated heterocycles. The molecule has 19 heavy (non-hydrogen) atoms. The van der Waals surface area contributed by atoms with E-state index in [2.05, 4.69) is 44.6 Å². The molecule has 0 aliphatic heterocycles. The van der Waals surface area contributed by atoms with Gasteiger partial charge in [-0.3, -0.25) is 0 Å². The lowest BCUT2D eigenvalue weighted by molar-refractivity contribution is 0.321. The molecule has 0 bridgehead atoms. The zero-order valence-electron chi connectivity index (χ0n) is 11.3. The molecule has 0 saturated carbocycles. The Morgan fingerprint density at radius 3 is 2.95 bits per heavy atom. The third-order valence-electron chi connectivity index (χ3n) is 3.00. The summed E-state index contributed by atoms with van der Waals surface area (Å²) in [6.07, 6.45) is 1.76. The van der Waals surface area contributed by atoms with Gasteiger partial charge < -0.3 is 14.6 Å². The fourth-order valence-electron chi connectivity index (χ4n) is 1.87. The third-order valence-corrected chi connectivity index (χ3v) is 4.70. The quantitative estimate of drug-likeness (QED) is 0.778. The van der Waals surface area contributed by atoms with E-state index in [-0.39, 0.29) is 0 Å². The van der Waals surface area contributed by atoms with Crippen molar-refractivity contribution >= 4 is 27.3 Å². The second-order valence-corrected chi connectivity index (χ2v) is 6.56. The normalized spacial score (nSPS) is 11.4. The number of hydrogen-bond acceptors (Lipinski definition) is 4. The fourth-order valence-corrected chi connectivity index (χ4v) is 3.29. The lowest BCUT2D eigenvalue weighted by Crippen LogP contribution is -2.28. The topological polar surface area (TPSA) is 28.4 Å². The molecule has 2 rings (SSSR count). The lowest BCUT2D eigenvalue weighted by Gasteiger charge is -2.16. The molecule has 2 aromatic rings. The molecule has 0 aliphatic carbocycles. The molecule has 5 heteroatoms. The zero-order chi connectivity index (χ0) is 13.7. The van der Waals surface area contributed by atoms with E-state index in [4.69, 9.17) is 4.42 Å². The summed E-state index contributed by atoms with van der Waals surface area (Å²) in [4.78, 5) is 3.66. The minimum absolute atomic E-state index is 0.939. The second kappa shape index (κ2) is 7.24. The molecule has 0 atom stereocenters. The van der Waals surface area contributed by atoms with Crippen LogP contribution in [0.5, 0.6) is 0 Å². The highest BCUT2D eigenvalue weighted by Gasteiger charge is 2.05. The van der Waals surface area contributed by atoms with E-state index >= 15 is 0 Å².